The molecule has 0 aliphatic rings. The van der Waals surface area contributed by atoms with Crippen molar-refractivity contribution in [2.45, 2.75) is 18.9 Å². The predicted molar refractivity (Wildman–Crippen MR) is 55.8 cm³/mol. The van der Waals surface area contributed by atoms with E-state index in [2.05, 4.69) is 4.18 Å². The lowest BCUT2D eigenvalue weighted by atomic mass is 10.2. The Morgan fingerprint density at radius 2 is 1.94 bits per heavy atom. The van der Waals surface area contributed by atoms with Gasteiger partial charge in [0.2, 0.25) is 0 Å². The molecule has 1 aromatic rings. The summed E-state index contributed by atoms with van der Waals surface area (Å²) in [6, 6.07) is 6.48. The number of hydrogen-bond acceptors (Lipinski definition) is 3. The molecule has 0 spiro atoms. The van der Waals surface area contributed by atoms with Crippen LogP contribution in [0.5, 0.6) is 0 Å². The van der Waals surface area contributed by atoms with Gasteiger partial charge in [0.25, 0.3) is 10.1 Å². The summed E-state index contributed by atoms with van der Waals surface area (Å²) in [5, 5.41) is 0. The Balaban J connectivity index is 2.67. The van der Waals surface area contributed by atoms with Crippen LogP contribution in [0.4, 0.5) is 13.2 Å². The second-order valence-electron chi connectivity index (χ2n) is 3.57. The van der Waals surface area contributed by atoms with E-state index < -0.39 is 28.7 Å². The summed E-state index contributed by atoms with van der Waals surface area (Å²) >= 11 is 0. The zero-order valence-electron chi connectivity index (χ0n) is 8.99. The molecule has 0 amide bonds. The van der Waals surface area contributed by atoms with Crippen molar-refractivity contribution >= 4 is 10.1 Å². The van der Waals surface area contributed by atoms with Crippen molar-refractivity contribution in [1.29, 1.82) is 0 Å². The van der Waals surface area contributed by atoms with Crippen LogP contribution in [0, 0.1) is 6.92 Å². The largest absolute Gasteiger partial charge is 0.413 e. The number of aryl methyl sites for hydroxylation is 1. The number of alkyl halides is 3. The van der Waals surface area contributed by atoms with Gasteiger partial charge in [-0.1, -0.05) is 29.8 Å². The third kappa shape index (κ3) is 5.69. The van der Waals surface area contributed by atoms with E-state index in [4.69, 9.17) is 0 Å². The van der Waals surface area contributed by atoms with Crippen LogP contribution in [-0.4, -0.2) is 21.2 Å². The second kappa shape index (κ2) is 5.05. The third-order valence-electron chi connectivity index (χ3n) is 1.83. The molecule has 7 heteroatoms. The molecule has 96 valence electrons. The Kier molecular flexibility index (Phi) is 4.16. The van der Waals surface area contributed by atoms with E-state index in [-0.39, 0.29) is 0 Å². The molecule has 0 aromatic heterocycles. The molecule has 0 aliphatic heterocycles. The van der Waals surface area contributed by atoms with Gasteiger partial charge in [0.1, 0.15) is 5.75 Å². The summed E-state index contributed by atoms with van der Waals surface area (Å²) in [5.74, 6) is -0.565. The molecule has 0 heterocycles. The van der Waals surface area contributed by atoms with E-state index in [1.54, 1.807) is 25.1 Å². The minimum Gasteiger partial charge on any atom is -0.260 e. The Morgan fingerprint density at radius 3 is 2.47 bits per heavy atom. The molecule has 0 aliphatic carbocycles. The number of rotatable bonds is 4. The summed E-state index contributed by atoms with van der Waals surface area (Å²) in [6.07, 6.45) is -4.65. The lowest BCUT2D eigenvalue weighted by Crippen LogP contribution is -2.21. The Hall–Kier alpha value is -1.08. The van der Waals surface area contributed by atoms with Crippen LogP contribution in [0.3, 0.4) is 0 Å². The first-order valence-corrected chi connectivity index (χ1v) is 6.25. The minimum atomic E-state index is -4.65. The Labute approximate surface area is 97.3 Å². The number of hydrogen-bond donors (Lipinski definition) is 0. The maximum Gasteiger partial charge on any atom is 0.413 e. The van der Waals surface area contributed by atoms with Crippen LogP contribution in [0.15, 0.2) is 24.3 Å². The molecule has 3 nitrogen and oxygen atoms in total. The fourth-order valence-electron chi connectivity index (χ4n) is 1.20. The zero-order chi connectivity index (χ0) is 13.1. The van der Waals surface area contributed by atoms with Crippen LogP contribution in [0.2, 0.25) is 0 Å². The van der Waals surface area contributed by atoms with Gasteiger partial charge in [-0.25, -0.2) is 0 Å². The van der Waals surface area contributed by atoms with Crippen LogP contribution in [-0.2, 0) is 20.1 Å². The van der Waals surface area contributed by atoms with Crippen molar-refractivity contribution in [3.63, 3.8) is 0 Å². The van der Waals surface area contributed by atoms with E-state index in [0.717, 1.165) is 5.56 Å². The van der Waals surface area contributed by atoms with Crippen molar-refractivity contribution in [1.82, 2.24) is 0 Å². The average molecular weight is 268 g/mol. The highest BCUT2D eigenvalue weighted by Gasteiger charge is 2.30. The minimum absolute atomic E-state index is 0.396. The standard InChI is InChI=1S/C10H11F3O3S/c1-8-3-2-4-9(5-8)6-17(14,15)16-7-10(11,12)13/h2-5H,6-7H2,1H3. The molecule has 0 saturated carbocycles. The van der Waals surface area contributed by atoms with Gasteiger partial charge in [-0.3, -0.25) is 4.18 Å². The van der Waals surface area contributed by atoms with Crippen LogP contribution in [0.25, 0.3) is 0 Å². The summed E-state index contributed by atoms with van der Waals surface area (Å²) < 4.78 is 61.8. The van der Waals surface area contributed by atoms with E-state index in [1.807, 2.05) is 0 Å². The lowest BCUT2D eigenvalue weighted by Gasteiger charge is -2.08. The monoisotopic (exact) mass is 268 g/mol. The number of halogens is 3. The third-order valence-corrected chi connectivity index (χ3v) is 2.99. The summed E-state index contributed by atoms with van der Waals surface area (Å²) in [7, 11) is -4.20. The molecular weight excluding hydrogens is 257 g/mol. The SMILES string of the molecule is Cc1cccc(CS(=O)(=O)OCC(F)(F)F)c1. The summed E-state index contributed by atoms with van der Waals surface area (Å²) in [4.78, 5) is 0. The topological polar surface area (TPSA) is 43.4 Å². The highest BCUT2D eigenvalue weighted by atomic mass is 32.2. The maximum atomic E-state index is 11.8. The Bertz CT molecular complexity index is 480. The molecule has 1 rings (SSSR count). The quantitative estimate of drug-likeness (QED) is 0.787. The first-order chi connectivity index (χ1) is 7.68. The van der Waals surface area contributed by atoms with E-state index >= 15 is 0 Å². The van der Waals surface area contributed by atoms with Crippen molar-refractivity contribution < 1.29 is 25.8 Å². The zero-order valence-corrected chi connectivity index (χ0v) is 9.81. The molecule has 0 bridgehead atoms. The predicted octanol–water partition coefficient (Wildman–Crippen LogP) is 2.40. The molecule has 0 saturated heterocycles. The fourth-order valence-corrected chi connectivity index (χ4v) is 2.19. The highest BCUT2D eigenvalue weighted by molar-refractivity contribution is 7.85. The highest BCUT2D eigenvalue weighted by Crippen LogP contribution is 2.17. The molecule has 0 radical (unpaired) electrons. The Morgan fingerprint density at radius 1 is 1.29 bits per heavy atom. The molecule has 0 atom stereocenters. The summed E-state index contributed by atoms with van der Waals surface area (Å²) in [5.41, 5.74) is 1.22. The first-order valence-electron chi connectivity index (χ1n) is 4.67. The van der Waals surface area contributed by atoms with Crippen molar-refractivity contribution in [2.75, 3.05) is 6.61 Å². The van der Waals surface area contributed by atoms with Gasteiger partial charge in [0, 0.05) is 0 Å². The first kappa shape index (κ1) is 14.0. The molecule has 0 fully saturated rings. The molecular formula is C10H11F3O3S. The molecule has 0 N–H and O–H groups in total. The molecule has 0 unspecified atom stereocenters. The van der Waals surface area contributed by atoms with Gasteiger partial charge in [0.15, 0.2) is 6.61 Å². The van der Waals surface area contributed by atoms with Crippen molar-refractivity contribution in [3.05, 3.63) is 35.4 Å². The molecule has 17 heavy (non-hydrogen) atoms. The molecule has 1 aromatic carbocycles. The average Bonchev–Trinajstić information content (AvgIpc) is 2.13. The van der Waals surface area contributed by atoms with Gasteiger partial charge in [-0.2, -0.15) is 21.6 Å². The number of benzene rings is 1. The van der Waals surface area contributed by atoms with Crippen LogP contribution < -0.4 is 0 Å². The maximum absolute atomic E-state index is 11.8. The van der Waals surface area contributed by atoms with Gasteiger partial charge >= 0.3 is 6.18 Å². The van der Waals surface area contributed by atoms with Gasteiger partial charge in [-0.15, -0.1) is 0 Å². The van der Waals surface area contributed by atoms with Crippen molar-refractivity contribution in [3.8, 4) is 0 Å². The second-order valence-corrected chi connectivity index (χ2v) is 5.21. The van der Waals surface area contributed by atoms with E-state index in [1.165, 1.54) is 6.07 Å². The normalized spacial score (nSPS) is 12.7. The van der Waals surface area contributed by atoms with Gasteiger partial charge in [-0.05, 0) is 12.5 Å². The van der Waals surface area contributed by atoms with E-state index in [9.17, 15) is 21.6 Å². The summed E-state index contributed by atoms with van der Waals surface area (Å²) in [6.45, 7) is -0.0339. The fraction of sp³-hybridized carbons (Fsp3) is 0.400. The van der Waals surface area contributed by atoms with Gasteiger partial charge in [0.05, 0.1) is 0 Å². The lowest BCUT2D eigenvalue weighted by molar-refractivity contribution is -0.152. The van der Waals surface area contributed by atoms with Crippen LogP contribution in [0.1, 0.15) is 11.1 Å². The van der Waals surface area contributed by atoms with Crippen LogP contribution >= 0.6 is 0 Å². The smallest absolute Gasteiger partial charge is 0.260 e. The van der Waals surface area contributed by atoms with Crippen molar-refractivity contribution in [2.24, 2.45) is 0 Å². The van der Waals surface area contributed by atoms with Gasteiger partial charge < -0.3 is 0 Å². The van der Waals surface area contributed by atoms with E-state index in [0.29, 0.717) is 5.56 Å².